The van der Waals surface area contributed by atoms with Gasteiger partial charge in [0.15, 0.2) is 11.6 Å². The molecule has 1 aromatic rings. The molecule has 0 radical (unpaired) electrons. The number of likely N-dealkylation sites (N-methyl/N-ethyl adjacent to an activating group) is 2. The van der Waals surface area contributed by atoms with Crippen molar-refractivity contribution in [2.45, 2.75) is 19.1 Å². The summed E-state index contributed by atoms with van der Waals surface area (Å²) in [6, 6.07) is 3.87. The molecule has 1 aliphatic heterocycles. The van der Waals surface area contributed by atoms with Crippen LogP contribution in [0.3, 0.4) is 0 Å². The van der Waals surface area contributed by atoms with E-state index >= 15 is 0 Å². The van der Waals surface area contributed by atoms with Crippen molar-refractivity contribution in [1.29, 1.82) is 0 Å². The van der Waals surface area contributed by atoms with E-state index in [0.29, 0.717) is 18.7 Å². The quantitative estimate of drug-likeness (QED) is 0.859. The summed E-state index contributed by atoms with van der Waals surface area (Å²) in [5.41, 5.74) is 0.707. The Bertz CT molecular complexity index is 507. The van der Waals surface area contributed by atoms with Crippen molar-refractivity contribution in [3.63, 3.8) is 0 Å². The Hall–Kier alpha value is -1.08. The van der Waals surface area contributed by atoms with Crippen LogP contribution in [0.15, 0.2) is 18.2 Å². The van der Waals surface area contributed by atoms with Crippen LogP contribution in [0.5, 0.6) is 0 Å². The fraction of sp³-hybridized carbons (Fsp3) is 0.647. The minimum absolute atomic E-state index is 0.0905. The van der Waals surface area contributed by atoms with E-state index in [1.54, 1.807) is 6.07 Å². The van der Waals surface area contributed by atoms with Crippen molar-refractivity contribution in [3.8, 4) is 0 Å². The van der Waals surface area contributed by atoms with E-state index in [9.17, 15) is 13.9 Å². The van der Waals surface area contributed by atoms with E-state index in [1.807, 2.05) is 18.9 Å². The van der Waals surface area contributed by atoms with Crippen LogP contribution >= 0.6 is 0 Å². The number of halogens is 2. The van der Waals surface area contributed by atoms with Gasteiger partial charge >= 0.3 is 0 Å². The Balaban J connectivity index is 1.84. The lowest BCUT2D eigenvalue weighted by molar-refractivity contribution is 0.0530. The van der Waals surface area contributed by atoms with E-state index in [1.165, 1.54) is 6.07 Å². The van der Waals surface area contributed by atoms with Crippen LogP contribution in [0.2, 0.25) is 0 Å². The highest BCUT2D eigenvalue weighted by Crippen LogP contribution is 2.21. The third-order valence-corrected chi connectivity index (χ3v) is 4.65. The molecule has 1 saturated heterocycles. The molecule has 1 aliphatic rings. The van der Waals surface area contributed by atoms with Crippen LogP contribution in [0.1, 0.15) is 18.5 Å². The first-order valence-electron chi connectivity index (χ1n) is 8.11. The molecule has 130 valence electrons. The van der Waals surface area contributed by atoms with Gasteiger partial charge in [-0.05, 0) is 38.7 Å². The average molecular weight is 327 g/mol. The van der Waals surface area contributed by atoms with E-state index in [2.05, 4.69) is 16.8 Å². The highest BCUT2D eigenvalue weighted by molar-refractivity contribution is 5.20. The molecule has 1 N–H and O–H groups in total. The first kappa shape index (κ1) is 18.3. The van der Waals surface area contributed by atoms with Crippen LogP contribution in [-0.2, 0) is 0 Å². The van der Waals surface area contributed by atoms with Gasteiger partial charge in [-0.3, -0.25) is 9.80 Å². The van der Waals surface area contributed by atoms with Gasteiger partial charge < -0.3 is 10.0 Å². The predicted octanol–water partition coefficient (Wildman–Crippen LogP) is 1.57. The zero-order valence-corrected chi connectivity index (χ0v) is 14.2. The first-order chi connectivity index (χ1) is 10.9. The summed E-state index contributed by atoms with van der Waals surface area (Å²) in [6.07, 6.45) is -0.462. The molecular formula is C17H27F2N3O. The predicted molar refractivity (Wildman–Crippen MR) is 87.3 cm³/mol. The van der Waals surface area contributed by atoms with E-state index in [0.717, 1.165) is 32.2 Å². The normalized spacial score (nSPS) is 20.0. The molecule has 6 heteroatoms. The summed E-state index contributed by atoms with van der Waals surface area (Å²) in [5, 5.41) is 10.3. The maximum Gasteiger partial charge on any atom is 0.159 e. The van der Waals surface area contributed by atoms with E-state index in [-0.39, 0.29) is 6.04 Å². The Morgan fingerprint density at radius 3 is 2.43 bits per heavy atom. The second kappa shape index (κ2) is 8.15. The molecule has 0 bridgehead atoms. The largest absolute Gasteiger partial charge is 0.390 e. The van der Waals surface area contributed by atoms with Crippen molar-refractivity contribution in [3.05, 3.63) is 35.4 Å². The lowest BCUT2D eigenvalue weighted by atomic mass is 10.1. The molecule has 0 spiro atoms. The Kier molecular flexibility index (Phi) is 6.47. The second-order valence-electron chi connectivity index (χ2n) is 6.55. The number of rotatable bonds is 6. The van der Waals surface area contributed by atoms with Crippen LogP contribution in [0.25, 0.3) is 0 Å². The van der Waals surface area contributed by atoms with Crippen molar-refractivity contribution in [1.82, 2.24) is 14.7 Å². The molecule has 1 aromatic carbocycles. The third-order valence-electron chi connectivity index (χ3n) is 4.65. The number of piperazine rings is 1. The molecule has 0 amide bonds. The summed E-state index contributed by atoms with van der Waals surface area (Å²) >= 11 is 0. The Morgan fingerprint density at radius 2 is 1.83 bits per heavy atom. The Labute approximate surface area is 137 Å². The van der Waals surface area contributed by atoms with Gasteiger partial charge in [-0.15, -0.1) is 0 Å². The van der Waals surface area contributed by atoms with Crippen LogP contribution in [0, 0.1) is 11.6 Å². The van der Waals surface area contributed by atoms with E-state index in [4.69, 9.17) is 0 Å². The minimum atomic E-state index is -0.835. The fourth-order valence-corrected chi connectivity index (χ4v) is 2.90. The number of nitrogens with zero attached hydrogens (tertiary/aromatic N) is 3. The average Bonchev–Trinajstić information content (AvgIpc) is 2.51. The van der Waals surface area contributed by atoms with Crippen molar-refractivity contribution in [2.75, 3.05) is 53.4 Å². The zero-order chi connectivity index (χ0) is 17.0. The van der Waals surface area contributed by atoms with Gasteiger partial charge in [0.2, 0.25) is 0 Å². The number of hydrogen-bond acceptors (Lipinski definition) is 4. The smallest absolute Gasteiger partial charge is 0.159 e. The number of benzene rings is 1. The minimum Gasteiger partial charge on any atom is -0.390 e. The SMILES string of the molecule is CC(c1ccc(F)c(F)c1)N(C)CC(O)CN1CCN(C)CC1. The molecule has 2 atom stereocenters. The monoisotopic (exact) mass is 327 g/mol. The van der Waals surface area contributed by atoms with Gasteiger partial charge in [-0.2, -0.15) is 0 Å². The van der Waals surface area contributed by atoms with Crippen molar-refractivity contribution >= 4 is 0 Å². The van der Waals surface area contributed by atoms with Gasteiger partial charge in [-0.25, -0.2) is 8.78 Å². The summed E-state index contributed by atoms with van der Waals surface area (Å²) in [4.78, 5) is 6.51. The molecular weight excluding hydrogens is 300 g/mol. The number of aliphatic hydroxyl groups is 1. The molecule has 1 fully saturated rings. The lowest BCUT2D eigenvalue weighted by Crippen LogP contribution is -2.48. The van der Waals surface area contributed by atoms with Gasteiger partial charge in [0.05, 0.1) is 6.10 Å². The molecule has 23 heavy (non-hydrogen) atoms. The topological polar surface area (TPSA) is 30.0 Å². The van der Waals surface area contributed by atoms with Crippen LogP contribution in [-0.4, -0.2) is 79.3 Å². The van der Waals surface area contributed by atoms with Crippen LogP contribution in [0.4, 0.5) is 8.78 Å². The van der Waals surface area contributed by atoms with Gasteiger partial charge in [-0.1, -0.05) is 6.07 Å². The maximum absolute atomic E-state index is 13.4. The number of β-amino-alcohol motifs (C(OH)–C–C–N with tert-alkyl or cyclic N) is 1. The molecule has 0 aliphatic carbocycles. The summed E-state index contributed by atoms with van der Waals surface area (Å²) in [5.74, 6) is -1.67. The zero-order valence-electron chi connectivity index (χ0n) is 14.2. The van der Waals surface area contributed by atoms with Crippen LogP contribution < -0.4 is 0 Å². The molecule has 2 unspecified atom stereocenters. The molecule has 0 saturated carbocycles. The summed E-state index contributed by atoms with van der Waals surface area (Å²) in [6.45, 7) is 7.04. The Morgan fingerprint density at radius 1 is 1.17 bits per heavy atom. The highest BCUT2D eigenvalue weighted by Gasteiger charge is 2.20. The summed E-state index contributed by atoms with van der Waals surface area (Å²) in [7, 11) is 3.99. The highest BCUT2D eigenvalue weighted by atomic mass is 19.2. The fourth-order valence-electron chi connectivity index (χ4n) is 2.90. The first-order valence-corrected chi connectivity index (χ1v) is 8.11. The third kappa shape index (κ3) is 5.21. The molecule has 2 rings (SSSR count). The molecule has 0 aromatic heterocycles. The van der Waals surface area contributed by atoms with Crippen molar-refractivity contribution in [2.24, 2.45) is 0 Å². The van der Waals surface area contributed by atoms with Gasteiger partial charge in [0, 0.05) is 45.3 Å². The van der Waals surface area contributed by atoms with Crippen molar-refractivity contribution < 1.29 is 13.9 Å². The standard InChI is InChI=1S/C17H27F2N3O/c1-13(14-4-5-16(18)17(19)10-14)21(3)11-15(23)12-22-8-6-20(2)7-9-22/h4-5,10,13,15,23H,6-9,11-12H2,1-3H3. The lowest BCUT2D eigenvalue weighted by Gasteiger charge is -2.35. The summed E-state index contributed by atoms with van der Waals surface area (Å²) < 4.78 is 26.4. The van der Waals surface area contributed by atoms with Gasteiger partial charge in [0.25, 0.3) is 0 Å². The molecule has 4 nitrogen and oxygen atoms in total. The maximum atomic E-state index is 13.4. The second-order valence-corrected chi connectivity index (χ2v) is 6.55. The van der Waals surface area contributed by atoms with Gasteiger partial charge in [0.1, 0.15) is 0 Å². The number of aliphatic hydroxyl groups excluding tert-OH is 1. The van der Waals surface area contributed by atoms with E-state index < -0.39 is 17.7 Å². The molecule has 1 heterocycles. The number of hydrogen-bond donors (Lipinski definition) is 1.